The van der Waals surface area contributed by atoms with Crippen LogP contribution in [0.2, 0.25) is 0 Å². The Labute approximate surface area is 133 Å². The predicted octanol–water partition coefficient (Wildman–Crippen LogP) is 4.52. The highest BCUT2D eigenvalue weighted by molar-refractivity contribution is 9.10. The van der Waals surface area contributed by atoms with Crippen LogP contribution in [0.15, 0.2) is 53.0 Å². The zero-order valence-electron chi connectivity index (χ0n) is 11.9. The lowest BCUT2D eigenvalue weighted by Crippen LogP contribution is -2.36. The van der Waals surface area contributed by atoms with E-state index >= 15 is 0 Å². The van der Waals surface area contributed by atoms with E-state index in [1.165, 1.54) is 11.1 Å². The van der Waals surface area contributed by atoms with Crippen molar-refractivity contribution >= 4 is 15.9 Å². The fourth-order valence-electron chi connectivity index (χ4n) is 3.24. The molecule has 3 rings (SSSR count). The molecule has 0 radical (unpaired) electrons. The number of halogens is 2. The number of hydrogen-bond acceptors (Lipinski definition) is 1. The molecule has 1 aliphatic heterocycles. The minimum atomic E-state index is -0.188. The molecule has 2 aromatic carbocycles. The van der Waals surface area contributed by atoms with Gasteiger partial charge in [-0.3, -0.25) is 0 Å². The van der Waals surface area contributed by atoms with Crippen LogP contribution in [0.5, 0.6) is 0 Å². The predicted molar refractivity (Wildman–Crippen MR) is 88.0 cm³/mol. The smallest absolute Gasteiger partial charge is 0.137 e. The van der Waals surface area contributed by atoms with Gasteiger partial charge in [-0.15, -0.1) is 0 Å². The zero-order valence-corrected chi connectivity index (χ0v) is 13.4. The molecule has 3 heteroatoms. The maximum absolute atomic E-state index is 13.5. The van der Waals surface area contributed by atoms with E-state index < -0.39 is 0 Å². The van der Waals surface area contributed by atoms with Crippen LogP contribution in [-0.4, -0.2) is 13.1 Å². The molecule has 0 saturated carbocycles. The average molecular weight is 348 g/mol. The van der Waals surface area contributed by atoms with Gasteiger partial charge in [0.15, 0.2) is 0 Å². The third kappa shape index (κ3) is 3.53. The fourth-order valence-corrected chi connectivity index (χ4v) is 3.63. The van der Waals surface area contributed by atoms with Crippen LogP contribution in [-0.2, 0) is 6.42 Å². The van der Waals surface area contributed by atoms with Gasteiger partial charge >= 0.3 is 0 Å². The lowest BCUT2D eigenvalue weighted by Gasteiger charge is -2.33. The van der Waals surface area contributed by atoms with Crippen molar-refractivity contribution in [3.8, 4) is 0 Å². The molecule has 21 heavy (non-hydrogen) atoms. The summed E-state index contributed by atoms with van der Waals surface area (Å²) in [5, 5.41) is 3.50. The minimum Gasteiger partial charge on any atom is -0.316 e. The summed E-state index contributed by atoms with van der Waals surface area (Å²) in [6.07, 6.45) is 2.17. The van der Waals surface area contributed by atoms with E-state index in [4.69, 9.17) is 0 Å². The summed E-state index contributed by atoms with van der Waals surface area (Å²) >= 11 is 3.31. The quantitative estimate of drug-likeness (QED) is 0.860. The van der Waals surface area contributed by atoms with Crippen LogP contribution >= 0.6 is 15.9 Å². The van der Waals surface area contributed by atoms with E-state index in [9.17, 15) is 4.39 Å². The highest BCUT2D eigenvalue weighted by Crippen LogP contribution is 2.34. The Bertz CT molecular complexity index is 599. The summed E-state index contributed by atoms with van der Waals surface area (Å²) in [7, 11) is 0. The standard InChI is InChI=1S/C18H19BrFN/c19-17-11-14(6-7-18(17)20)16-8-9-21-12-15(16)10-13-4-2-1-3-5-13/h1-7,11,15-16,21H,8-10,12H2. The first-order chi connectivity index (χ1) is 10.2. The van der Waals surface area contributed by atoms with Gasteiger partial charge in [-0.25, -0.2) is 4.39 Å². The minimum absolute atomic E-state index is 0.188. The average Bonchev–Trinajstić information content (AvgIpc) is 2.52. The molecular weight excluding hydrogens is 329 g/mol. The maximum atomic E-state index is 13.5. The second-order valence-corrected chi connectivity index (χ2v) is 6.58. The first kappa shape index (κ1) is 14.7. The van der Waals surface area contributed by atoms with Gasteiger partial charge in [0.05, 0.1) is 4.47 Å². The second-order valence-electron chi connectivity index (χ2n) is 5.72. The van der Waals surface area contributed by atoms with Crippen LogP contribution in [0.4, 0.5) is 4.39 Å². The molecule has 0 spiro atoms. The van der Waals surface area contributed by atoms with Crippen molar-refractivity contribution in [2.45, 2.75) is 18.8 Å². The van der Waals surface area contributed by atoms with Crippen LogP contribution in [0.25, 0.3) is 0 Å². The summed E-state index contributed by atoms with van der Waals surface area (Å²) in [6, 6.07) is 16.1. The Kier molecular flexibility index (Phi) is 4.71. The van der Waals surface area contributed by atoms with Crippen molar-refractivity contribution in [3.05, 3.63) is 69.9 Å². The molecule has 2 aromatic rings. The molecule has 2 unspecified atom stereocenters. The molecule has 1 fully saturated rings. The monoisotopic (exact) mass is 347 g/mol. The number of benzene rings is 2. The van der Waals surface area contributed by atoms with Crippen LogP contribution < -0.4 is 5.32 Å². The van der Waals surface area contributed by atoms with Crippen LogP contribution in [0.3, 0.4) is 0 Å². The number of piperidine rings is 1. The van der Waals surface area contributed by atoms with Gasteiger partial charge in [-0.1, -0.05) is 36.4 Å². The molecule has 0 bridgehead atoms. The second kappa shape index (κ2) is 6.71. The summed E-state index contributed by atoms with van der Waals surface area (Å²) in [6.45, 7) is 2.06. The van der Waals surface area contributed by atoms with Crippen molar-refractivity contribution < 1.29 is 4.39 Å². The maximum Gasteiger partial charge on any atom is 0.137 e. The normalized spacial score (nSPS) is 22.2. The Hall–Kier alpha value is -1.19. The molecule has 0 aromatic heterocycles. The summed E-state index contributed by atoms with van der Waals surface area (Å²) < 4.78 is 14.0. The molecular formula is C18H19BrFN. The van der Waals surface area contributed by atoms with E-state index in [1.807, 2.05) is 12.1 Å². The molecule has 2 atom stereocenters. The summed E-state index contributed by atoms with van der Waals surface area (Å²) in [5.41, 5.74) is 2.61. The van der Waals surface area contributed by atoms with E-state index in [-0.39, 0.29) is 5.82 Å². The molecule has 1 saturated heterocycles. The first-order valence-electron chi connectivity index (χ1n) is 7.43. The van der Waals surface area contributed by atoms with Crippen molar-refractivity contribution in [2.75, 3.05) is 13.1 Å². The van der Waals surface area contributed by atoms with Gasteiger partial charge in [-0.05, 0) is 77.0 Å². The summed E-state index contributed by atoms with van der Waals surface area (Å²) in [5.74, 6) is 0.856. The van der Waals surface area contributed by atoms with Gasteiger partial charge in [0.2, 0.25) is 0 Å². The van der Waals surface area contributed by atoms with Crippen LogP contribution in [0, 0.1) is 11.7 Å². The van der Waals surface area contributed by atoms with Gasteiger partial charge in [0.25, 0.3) is 0 Å². The molecule has 1 N–H and O–H groups in total. The van der Waals surface area contributed by atoms with Gasteiger partial charge in [0.1, 0.15) is 5.82 Å². The third-order valence-electron chi connectivity index (χ3n) is 4.32. The molecule has 1 aliphatic rings. The Morgan fingerprint density at radius 2 is 1.95 bits per heavy atom. The number of rotatable bonds is 3. The van der Waals surface area contributed by atoms with Crippen molar-refractivity contribution in [1.82, 2.24) is 5.32 Å². The molecule has 1 heterocycles. The molecule has 1 nitrogen and oxygen atoms in total. The van der Waals surface area contributed by atoms with E-state index in [1.54, 1.807) is 6.07 Å². The number of hydrogen-bond donors (Lipinski definition) is 1. The zero-order chi connectivity index (χ0) is 14.7. The fraction of sp³-hybridized carbons (Fsp3) is 0.333. The topological polar surface area (TPSA) is 12.0 Å². The highest BCUT2D eigenvalue weighted by atomic mass is 79.9. The first-order valence-corrected chi connectivity index (χ1v) is 8.23. The summed E-state index contributed by atoms with van der Waals surface area (Å²) in [4.78, 5) is 0. The van der Waals surface area contributed by atoms with Gasteiger partial charge in [0, 0.05) is 0 Å². The van der Waals surface area contributed by atoms with E-state index in [0.717, 1.165) is 25.9 Å². The Morgan fingerprint density at radius 1 is 1.14 bits per heavy atom. The van der Waals surface area contributed by atoms with Crippen molar-refractivity contribution in [1.29, 1.82) is 0 Å². The Morgan fingerprint density at radius 3 is 2.71 bits per heavy atom. The van der Waals surface area contributed by atoms with Crippen molar-refractivity contribution in [2.24, 2.45) is 5.92 Å². The van der Waals surface area contributed by atoms with Crippen molar-refractivity contribution in [3.63, 3.8) is 0 Å². The van der Waals surface area contributed by atoms with E-state index in [2.05, 4.69) is 51.6 Å². The van der Waals surface area contributed by atoms with Gasteiger partial charge < -0.3 is 5.32 Å². The third-order valence-corrected chi connectivity index (χ3v) is 4.93. The molecule has 110 valence electrons. The molecule has 0 aliphatic carbocycles. The SMILES string of the molecule is Fc1ccc(C2CCNCC2Cc2ccccc2)cc1Br. The molecule has 0 amide bonds. The largest absolute Gasteiger partial charge is 0.316 e. The Balaban J connectivity index is 1.82. The van der Waals surface area contributed by atoms with Crippen LogP contribution in [0.1, 0.15) is 23.5 Å². The highest BCUT2D eigenvalue weighted by Gasteiger charge is 2.26. The number of nitrogens with one attached hydrogen (secondary N) is 1. The van der Waals surface area contributed by atoms with Gasteiger partial charge in [-0.2, -0.15) is 0 Å². The lowest BCUT2D eigenvalue weighted by atomic mass is 9.78. The van der Waals surface area contributed by atoms with E-state index in [0.29, 0.717) is 16.3 Å². The lowest BCUT2D eigenvalue weighted by molar-refractivity contribution is 0.324.